The maximum Gasteiger partial charge on any atom is 0.324 e. The normalized spacial score (nSPS) is 16.2. The molecule has 3 amide bonds. The topological polar surface area (TPSA) is 71.1 Å². The highest BCUT2D eigenvalue weighted by molar-refractivity contribution is 6.04. The Morgan fingerprint density at radius 3 is 2.44 bits per heavy atom. The molecule has 2 aromatic carbocycles. The van der Waals surface area contributed by atoms with Crippen molar-refractivity contribution >= 4 is 11.9 Å². The minimum atomic E-state index is -0.372. The van der Waals surface area contributed by atoms with Gasteiger partial charge in [-0.1, -0.05) is 24.3 Å². The van der Waals surface area contributed by atoms with Crippen molar-refractivity contribution in [1.29, 1.82) is 0 Å². The van der Waals surface area contributed by atoms with E-state index in [1.807, 2.05) is 24.3 Å². The van der Waals surface area contributed by atoms with E-state index < -0.39 is 0 Å². The molecule has 1 N–H and O–H groups in total. The second-order valence-corrected chi connectivity index (χ2v) is 6.58. The third-order valence-corrected chi connectivity index (χ3v) is 4.76. The van der Waals surface area contributed by atoms with Gasteiger partial charge in [0.05, 0.1) is 0 Å². The van der Waals surface area contributed by atoms with Gasteiger partial charge in [0.1, 0.15) is 0 Å². The number of ether oxygens (including phenoxy) is 2. The van der Waals surface area contributed by atoms with Crippen molar-refractivity contribution in [2.24, 2.45) is 0 Å². The van der Waals surface area contributed by atoms with E-state index in [9.17, 15) is 9.59 Å². The van der Waals surface area contributed by atoms with Gasteiger partial charge in [0.15, 0.2) is 11.5 Å². The number of hydrogen-bond donors (Lipinski definition) is 1. The summed E-state index contributed by atoms with van der Waals surface area (Å²) < 4.78 is 10.7. The van der Waals surface area contributed by atoms with Gasteiger partial charge in [0.25, 0.3) is 5.91 Å². The standard InChI is InChI=1S/C20H21N3O4/c24-19(16-4-2-1-3-5-16)21-20(25)23-10-8-22(9-11-23)13-15-6-7-17-18(12-15)27-14-26-17/h1-7,12H,8-11,13-14H2,(H,21,24,25). The van der Waals surface area contributed by atoms with Gasteiger partial charge in [-0.25, -0.2) is 4.79 Å². The number of amides is 3. The SMILES string of the molecule is O=C(NC(=O)N1CCN(Cc2ccc3c(c2)OCO3)CC1)c1ccccc1. The van der Waals surface area contributed by atoms with E-state index in [-0.39, 0.29) is 18.7 Å². The maximum atomic E-state index is 12.3. The molecular weight excluding hydrogens is 346 g/mol. The molecule has 140 valence electrons. The number of carbonyl (C=O) groups excluding carboxylic acids is 2. The van der Waals surface area contributed by atoms with Crippen LogP contribution >= 0.6 is 0 Å². The molecule has 4 rings (SSSR count). The number of imide groups is 1. The van der Waals surface area contributed by atoms with Crippen molar-refractivity contribution < 1.29 is 19.1 Å². The summed E-state index contributed by atoms with van der Waals surface area (Å²) in [7, 11) is 0. The van der Waals surface area contributed by atoms with Crippen LogP contribution in [0.1, 0.15) is 15.9 Å². The average Bonchev–Trinajstić information content (AvgIpc) is 3.17. The first kappa shape index (κ1) is 17.4. The van der Waals surface area contributed by atoms with Crippen LogP contribution < -0.4 is 14.8 Å². The summed E-state index contributed by atoms with van der Waals surface area (Å²) in [6.07, 6.45) is 0. The molecule has 0 spiro atoms. The molecule has 2 aliphatic heterocycles. The van der Waals surface area contributed by atoms with Crippen LogP contribution in [0, 0.1) is 0 Å². The first-order valence-corrected chi connectivity index (χ1v) is 8.95. The Hall–Kier alpha value is -3.06. The van der Waals surface area contributed by atoms with Crippen molar-refractivity contribution in [1.82, 2.24) is 15.1 Å². The quantitative estimate of drug-likeness (QED) is 0.899. The minimum absolute atomic E-state index is 0.272. The van der Waals surface area contributed by atoms with Crippen LogP contribution in [0.15, 0.2) is 48.5 Å². The zero-order valence-electron chi connectivity index (χ0n) is 14.9. The smallest absolute Gasteiger partial charge is 0.324 e. The minimum Gasteiger partial charge on any atom is -0.454 e. The lowest BCUT2D eigenvalue weighted by molar-refractivity contribution is 0.0932. The lowest BCUT2D eigenvalue weighted by Crippen LogP contribution is -2.52. The predicted octanol–water partition coefficient (Wildman–Crippen LogP) is 2.08. The second kappa shape index (κ2) is 7.67. The number of nitrogens with one attached hydrogen (secondary N) is 1. The zero-order chi connectivity index (χ0) is 18.6. The van der Waals surface area contributed by atoms with Crippen molar-refractivity contribution in [2.75, 3.05) is 33.0 Å². The number of rotatable bonds is 3. The van der Waals surface area contributed by atoms with Gasteiger partial charge in [-0.2, -0.15) is 0 Å². The molecule has 7 heteroatoms. The number of piperazine rings is 1. The zero-order valence-corrected chi connectivity index (χ0v) is 14.9. The Bertz CT molecular complexity index is 832. The summed E-state index contributed by atoms with van der Waals surface area (Å²) in [5.41, 5.74) is 1.63. The van der Waals surface area contributed by atoms with Crippen LogP contribution in [0.4, 0.5) is 4.79 Å². The molecule has 0 atom stereocenters. The summed E-state index contributed by atoms with van der Waals surface area (Å²) >= 11 is 0. The number of carbonyl (C=O) groups is 2. The van der Waals surface area contributed by atoms with Gasteiger partial charge in [0, 0.05) is 38.3 Å². The summed E-state index contributed by atoms with van der Waals surface area (Å²) in [5.74, 6) is 1.19. The maximum absolute atomic E-state index is 12.3. The van der Waals surface area contributed by atoms with Gasteiger partial charge in [-0.05, 0) is 29.8 Å². The monoisotopic (exact) mass is 367 g/mol. The number of urea groups is 1. The third-order valence-electron chi connectivity index (χ3n) is 4.76. The van der Waals surface area contributed by atoms with Crippen molar-refractivity contribution in [3.05, 3.63) is 59.7 Å². The largest absolute Gasteiger partial charge is 0.454 e. The van der Waals surface area contributed by atoms with Gasteiger partial charge >= 0.3 is 6.03 Å². The van der Waals surface area contributed by atoms with Gasteiger partial charge < -0.3 is 14.4 Å². The highest BCUT2D eigenvalue weighted by atomic mass is 16.7. The fraction of sp³-hybridized carbons (Fsp3) is 0.300. The first-order valence-electron chi connectivity index (χ1n) is 8.95. The van der Waals surface area contributed by atoms with Crippen LogP contribution in [-0.2, 0) is 6.54 Å². The van der Waals surface area contributed by atoms with Crippen LogP contribution in [-0.4, -0.2) is 54.7 Å². The van der Waals surface area contributed by atoms with E-state index in [2.05, 4.69) is 10.2 Å². The third kappa shape index (κ3) is 4.03. The molecule has 0 aromatic heterocycles. The first-order chi connectivity index (χ1) is 13.2. The number of benzene rings is 2. The summed E-state index contributed by atoms with van der Waals surface area (Å²) in [6.45, 7) is 3.73. The van der Waals surface area contributed by atoms with Crippen molar-refractivity contribution in [3.8, 4) is 11.5 Å². The Labute approximate surface area is 157 Å². The Kier molecular flexibility index (Phi) is 4.93. The number of nitrogens with zero attached hydrogens (tertiary/aromatic N) is 2. The molecule has 2 aromatic rings. The van der Waals surface area contributed by atoms with E-state index in [1.54, 1.807) is 29.2 Å². The van der Waals surface area contributed by atoms with Crippen molar-refractivity contribution in [3.63, 3.8) is 0 Å². The Morgan fingerprint density at radius 1 is 0.926 bits per heavy atom. The lowest BCUT2D eigenvalue weighted by Gasteiger charge is -2.34. The van der Waals surface area contributed by atoms with Crippen LogP contribution in [0.25, 0.3) is 0 Å². The molecule has 1 saturated heterocycles. The number of fused-ring (bicyclic) bond motifs is 1. The molecule has 0 radical (unpaired) electrons. The Balaban J connectivity index is 1.27. The molecule has 7 nitrogen and oxygen atoms in total. The van der Waals surface area contributed by atoms with Gasteiger partial charge in [-0.3, -0.25) is 15.0 Å². The average molecular weight is 367 g/mol. The fourth-order valence-corrected chi connectivity index (χ4v) is 3.24. The second-order valence-electron chi connectivity index (χ2n) is 6.58. The summed E-state index contributed by atoms with van der Waals surface area (Å²) in [6, 6.07) is 14.4. The molecule has 0 unspecified atom stereocenters. The molecule has 1 fully saturated rings. The van der Waals surface area contributed by atoms with Crippen LogP contribution in [0.3, 0.4) is 0 Å². The molecule has 2 aliphatic rings. The Morgan fingerprint density at radius 2 is 1.67 bits per heavy atom. The highest BCUT2D eigenvalue weighted by Gasteiger charge is 2.23. The molecule has 2 heterocycles. The van der Waals surface area contributed by atoms with Gasteiger partial charge in [0.2, 0.25) is 6.79 Å². The molecule has 0 bridgehead atoms. The summed E-state index contributed by atoms with van der Waals surface area (Å²) in [4.78, 5) is 28.4. The molecule has 0 aliphatic carbocycles. The van der Waals surface area contributed by atoms with E-state index in [1.165, 1.54) is 0 Å². The predicted molar refractivity (Wildman–Crippen MR) is 98.7 cm³/mol. The van der Waals surface area contributed by atoms with E-state index in [4.69, 9.17) is 9.47 Å². The molecule has 0 saturated carbocycles. The highest BCUT2D eigenvalue weighted by Crippen LogP contribution is 2.32. The van der Waals surface area contributed by atoms with E-state index in [0.29, 0.717) is 18.7 Å². The summed E-state index contributed by atoms with van der Waals surface area (Å²) in [5, 5.41) is 2.46. The van der Waals surface area contributed by atoms with E-state index >= 15 is 0 Å². The fourth-order valence-electron chi connectivity index (χ4n) is 3.24. The number of hydrogen-bond acceptors (Lipinski definition) is 5. The van der Waals surface area contributed by atoms with Crippen molar-refractivity contribution in [2.45, 2.75) is 6.54 Å². The molecular formula is C20H21N3O4. The van der Waals surface area contributed by atoms with Crippen LogP contribution in [0.2, 0.25) is 0 Å². The lowest BCUT2D eigenvalue weighted by atomic mass is 10.1. The van der Waals surface area contributed by atoms with E-state index in [0.717, 1.165) is 36.7 Å². The molecule has 27 heavy (non-hydrogen) atoms. The van der Waals surface area contributed by atoms with Gasteiger partial charge in [-0.15, -0.1) is 0 Å². The van der Waals surface area contributed by atoms with Crippen LogP contribution in [0.5, 0.6) is 11.5 Å².